The Hall–Kier alpha value is -2.97. The highest BCUT2D eigenvalue weighted by Gasteiger charge is 2.32. The van der Waals surface area contributed by atoms with Crippen molar-refractivity contribution < 1.29 is 13.2 Å². The lowest BCUT2D eigenvalue weighted by Gasteiger charge is -2.31. The molecule has 0 saturated carbocycles. The fraction of sp³-hybridized carbons (Fsp3) is 0.304. The summed E-state index contributed by atoms with van der Waals surface area (Å²) >= 11 is 0. The van der Waals surface area contributed by atoms with Gasteiger partial charge in [-0.1, -0.05) is 18.2 Å². The van der Waals surface area contributed by atoms with Crippen LogP contribution < -0.4 is 10.1 Å². The zero-order valence-electron chi connectivity index (χ0n) is 17.7. The van der Waals surface area contributed by atoms with Crippen molar-refractivity contribution in [3.63, 3.8) is 0 Å². The predicted octanol–water partition coefficient (Wildman–Crippen LogP) is 4.11. The lowest BCUT2D eigenvalue weighted by molar-refractivity contribution is 0.314. The highest BCUT2D eigenvalue weighted by molar-refractivity contribution is 7.89. The topological polar surface area (TPSA) is 84.4 Å². The number of rotatable bonds is 6. The molecular weight excluding hydrogens is 412 g/mol. The number of pyridine rings is 2. The van der Waals surface area contributed by atoms with Gasteiger partial charge in [0.1, 0.15) is 16.5 Å². The van der Waals surface area contributed by atoms with Crippen LogP contribution in [0.15, 0.2) is 65.8 Å². The Morgan fingerprint density at radius 2 is 1.81 bits per heavy atom. The van der Waals surface area contributed by atoms with E-state index in [-0.39, 0.29) is 10.8 Å². The average molecular weight is 439 g/mol. The fourth-order valence-electron chi connectivity index (χ4n) is 3.84. The maximum absolute atomic E-state index is 13.1. The van der Waals surface area contributed by atoms with Gasteiger partial charge < -0.3 is 10.1 Å². The molecule has 1 aromatic carbocycles. The molecule has 7 nitrogen and oxygen atoms in total. The molecule has 1 fully saturated rings. The normalized spacial score (nSPS) is 15.5. The molecule has 0 unspecified atom stereocenters. The van der Waals surface area contributed by atoms with Gasteiger partial charge in [-0.25, -0.2) is 13.4 Å². The van der Waals surface area contributed by atoms with Gasteiger partial charge in [0.15, 0.2) is 0 Å². The van der Waals surface area contributed by atoms with Gasteiger partial charge in [0, 0.05) is 30.9 Å². The SMILES string of the molecule is COc1ccccc1S(=O)(=O)N1CCC(c2ccc(Nc3ncccc3C)cn2)CC1. The Morgan fingerprint density at radius 1 is 1.03 bits per heavy atom. The van der Waals surface area contributed by atoms with Crippen LogP contribution in [-0.2, 0) is 10.0 Å². The van der Waals surface area contributed by atoms with E-state index in [0.717, 1.165) is 35.6 Å². The van der Waals surface area contributed by atoms with Crippen molar-refractivity contribution >= 4 is 21.5 Å². The van der Waals surface area contributed by atoms with Gasteiger partial charge in [-0.3, -0.25) is 4.98 Å². The molecule has 31 heavy (non-hydrogen) atoms. The molecule has 0 bridgehead atoms. The van der Waals surface area contributed by atoms with Crippen LogP contribution in [0.5, 0.6) is 5.75 Å². The molecule has 0 aliphatic carbocycles. The van der Waals surface area contributed by atoms with E-state index >= 15 is 0 Å². The molecule has 1 aliphatic heterocycles. The summed E-state index contributed by atoms with van der Waals surface area (Å²) in [5, 5.41) is 3.29. The molecule has 162 valence electrons. The molecule has 2 aromatic heterocycles. The van der Waals surface area contributed by atoms with Crippen LogP contribution in [0, 0.1) is 6.92 Å². The van der Waals surface area contributed by atoms with Crippen molar-refractivity contribution in [3.8, 4) is 5.75 Å². The van der Waals surface area contributed by atoms with Gasteiger partial charge in [0.2, 0.25) is 10.0 Å². The Bertz CT molecular complexity index is 1140. The van der Waals surface area contributed by atoms with E-state index in [1.165, 1.54) is 7.11 Å². The molecule has 4 rings (SSSR count). The molecule has 1 N–H and O–H groups in total. The van der Waals surface area contributed by atoms with E-state index < -0.39 is 10.0 Å². The van der Waals surface area contributed by atoms with Crippen LogP contribution >= 0.6 is 0 Å². The number of aryl methyl sites for hydroxylation is 1. The van der Waals surface area contributed by atoms with Crippen LogP contribution in [0.25, 0.3) is 0 Å². The molecule has 3 aromatic rings. The van der Waals surface area contributed by atoms with Gasteiger partial charge >= 0.3 is 0 Å². The first-order chi connectivity index (χ1) is 15.0. The number of para-hydroxylation sites is 1. The van der Waals surface area contributed by atoms with Crippen molar-refractivity contribution in [2.24, 2.45) is 0 Å². The van der Waals surface area contributed by atoms with Crippen molar-refractivity contribution in [3.05, 3.63) is 72.2 Å². The van der Waals surface area contributed by atoms with Gasteiger partial charge in [0.05, 0.1) is 19.0 Å². The van der Waals surface area contributed by atoms with Crippen molar-refractivity contribution in [2.45, 2.75) is 30.6 Å². The Balaban J connectivity index is 1.41. The summed E-state index contributed by atoms with van der Waals surface area (Å²) in [4.78, 5) is 9.18. The number of ether oxygens (including phenoxy) is 1. The molecule has 1 saturated heterocycles. The monoisotopic (exact) mass is 438 g/mol. The maximum Gasteiger partial charge on any atom is 0.246 e. The Morgan fingerprint density at radius 3 is 2.48 bits per heavy atom. The maximum atomic E-state index is 13.1. The third-order valence-corrected chi connectivity index (χ3v) is 7.56. The molecule has 1 aliphatic rings. The minimum Gasteiger partial charge on any atom is -0.495 e. The van der Waals surface area contributed by atoms with Crippen molar-refractivity contribution in [1.82, 2.24) is 14.3 Å². The van der Waals surface area contributed by atoms with E-state index in [0.29, 0.717) is 18.8 Å². The van der Waals surface area contributed by atoms with Crippen LogP contribution in [0.3, 0.4) is 0 Å². The molecule has 0 atom stereocenters. The molecular formula is C23H26N4O3S. The summed E-state index contributed by atoms with van der Waals surface area (Å²) in [6, 6.07) is 14.7. The lowest BCUT2D eigenvalue weighted by Crippen LogP contribution is -2.38. The quantitative estimate of drug-likeness (QED) is 0.624. The number of hydrogen-bond acceptors (Lipinski definition) is 6. The second-order valence-corrected chi connectivity index (χ2v) is 9.50. The molecule has 3 heterocycles. The third-order valence-electron chi connectivity index (χ3n) is 5.62. The first-order valence-corrected chi connectivity index (χ1v) is 11.7. The number of aromatic nitrogens is 2. The molecule has 8 heteroatoms. The lowest BCUT2D eigenvalue weighted by atomic mass is 9.94. The number of hydrogen-bond donors (Lipinski definition) is 1. The fourth-order valence-corrected chi connectivity index (χ4v) is 5.46. The van der Waals surface area contributed by atoms with Crippen LogP contribution in [0.1, 0.15) is 30.0 Å². The zero-order chi connectivity index (χ0) is 21.8. The predicted molar refractivity (Wildman–Crippen MR) is 120 cm³/mol. The Labute approximate surface area is 183 Å². The molecule has 0 amide bonds. The standard InChI is InChI=1S/C23H26N4O3S/c1-17-6-5-13-24-23(17)26-19-9-10-20(25-16-19)18-11-14-27(15-12-18)31(28,29)22-8-4-3-7-21(22)30-2/h3-10,13,16,18H,11-12,14-15H2,1-2H3,(H,24,26). The van der Waals surface area contributed by atoms with Gasteiger partial charge in [-0.15, -0.1) is 0 Å². The van der Waals surface area contributed by atoms with Crippen molar-refractivity contribution in [1.29, 1.82) is 0 Å². The van der Waals surface area contributed by atoms with E-state index in [1.807, 2.05) is 31.2 Å². The van der Waals surface area contributed by atoms with Crippen LogP contribution in [-0.4, -0.2) is 42.9 Å². The van der Waals surface area contributed by atoms with Gasteiger partial charge in [-0.05, 0) is 55.7 Å². The molecule has 0 radical (unpaired) electrons. The van der Waals surface area contributed by atoms with Crippen molar-refractivity contribution in [2.75, 3.05) is 25.5 Å². The number of nitrogens with zero attached hydrogens (tertiary/aromatic N) is 3. The third kappa shape index (κ3) is 4.55. The summed E-state index contributed by atoms with van der Waals surface area (Å²) in [5.41, 5.74) is 2.93. The smallest absolute Gasteiger partial charge is 0.246 e. The van der Waals surface area contributed by atoms with Gasteiger partial charge in [-0.2, -0.15) is 4.31 Å². The number of sulfonamides is 1. The van der Waals surface area contributed by atoms with E-state index in [9.17, 15) is 8.42 Å². The number of methoxy groups -OCH3 is 1. The van der Waals surface area contributed by atoms with Crippen LogP contribution in [0.2, 0.25) is 0 Å². The number of benzene rings is 1. The summed E-state index contributed by atoms with van der Waals surface area (Å²) in [6.45, 7) is 2.92. The van der Waals surface area contributed by atoms with Crippen LogP contribution in [0.4, 0.5) is 11.5 Å². The van der Waals surface area contributed by atoms with Gasteiger partial charge in [0.25, 0.3) is 0 Å². The first-order valence-electron chi connectivity index (χ1n) is 10.3. The van der Waals surface area contributed by atoms with E-state index in [4.69, 9.17) is 4.74 Å². The van der Waals surface area contributed by atoms with E-state index in [2.05, 4.69) is 15.3 Å². The summed E-state index contributed by atoms with van der Waals surface area (Å²) in [7, 11) is -2.10. The number of anilines is 2. The highest BCUT2D eigenvalue weighted by atomic mass is 32.2. The second-order valence-electron chi connectivity index (χ2n) is 7.59. The minimum atomic E-state index is -3.58. The minimum absolute atomic E-state index is 0.217. The second kappa shape index (κ2) is 9.03. The zero-order valence-corrected chi connectivity index (χ0v) is 18.5. The number of nitrogens with one attached hydrogen (secondary N) is 1. The highest BCUT2D eigenvalue weighted by Crippen LogP contribution is 2.33. The summed E-state index contributed by atoms with van der Waals surface area (Å²) in [6.07, 6.45) is 5.02. The summed E-state index contributed by atoms with van der Waals surface area (Å²) in [5.74, 6) is 1.42. The average Bonchev–Trinajstić information content (AvgIpc) is 2.81. The van der Waals surface area contributed by atoms with E-state index in [1.54, 1.807) is 41.0 Å². The first kappa shape index (κ1) is 21.3. The molecule has 0 spiro atoms. The summed E-state index contributed by atoms with van der Waals surface area (Å²) < 4.78 is 32.9. The Kier molecular flexibility index (Phi) is 6.20. The largest absolute Gasteiger partial charge is 0.495 e. The number of piperidine rings is 1.